The highest BCUT2D eigenvalue weighted by Crippen LogP contribution is 2.31. The number of aliphatic hydroxyl groups excluding tert-OH is 1. The maximum absolute atomic E-state index is 13.7. The molecular formula is C12H9BrF2O3. The summed E-state index contributed by atoms with van der Waals surface area (Å²) in [5.74, 6) is -1.70. The molecule has 3 nitrogen and oxygen atoms in total. The van der Waals surface area contributed by atoms with Crippen molar-refractivity contribution in [1.82, 2.24) is 0 Å². The lowest BCUT2D eigenvalue weighted by Gasteiger charge is -2.11. The summed E-state index contributed by atoms with van der Waals surface area (Å²) in [6, 6.07) is 4.95. The van der Waals surface area contributed by atoms with Crippen molar-refractivity contribution in [2.45, 2.75) is 6.10 Å². The Kier molecular flexibility index (Phi) is 3.68. The van der Waals surface area contributed by atoms with Crippen molar-refractivity contribution in [3.8, 4) is 5.75 Å². The van der Waals surface area contributed by atoms with Crippen LogP contribution in [0, 0.1) is 11.6 Å². The lowest BCUT2D eigenvalue weighted by molar-refractivity contribution is 0.178. The van der Waals surface area contributed by atoms with Crippen LogP contribution in [-0.2, 0) is 0 Å². The highest BCUT2D eigenvalue weighted by atomic mass is 79.9. The fraction of sp³-hybridized carbons (Fsp3) is 0.167. The number of aliphatic hydroxyl groups is 1. The molecule has 0 aliphatic heterocycles. The molecule has 18 heavy (non-hydrogen) atoms. The largest absolute Gasteiger partial charge is 0.497 e. The second-order valence-electron chi connectivity index (χ2n) is 3.55. The standard InChI is InChI=1S/C12H9BrF2O3/c1-17-6-4-7(14)11(8(15)5-6)12(16)9-2-3-10(13)18-9/h2-5,12,16H,1H3. The van der Waals surface area contributed by atoms with Crippen molar-refractivity contribution >= 4 is 15.9 Å². The van der Waals surface area contributed by atoms with E-state index >= 15 is 0 Å². The zero-order chi connectivity index (χ0) is 13.3. The highest BCUT2D eigenvalue weighted by molar-refractivity contribution is 9.10. The van der Waals surface area contributed by atoms with Crippen molar-refractivity contribution in [1.29, 1.82) is 0 Å². The van der Waals surface area contributed by atoms with Gasteiger partial charge in [-0.1, -0.05) is 0 Å². The van der Waals surface area contributed by atoms with Gasteiger partial charge in [0.25, 0.3) is 0 Å². The van der Waals surface area contributed by atoms with E-state index in [0.29, 0.717) is 4.67 Å². The van der Waals surface area contributed by atoms with Gasteiger partial charge in [0.2, 0.25) is 0 Å². The van der Waals surface area contributed by atoms with Crippen molar-refractivity contribution in [3.63, 3.8) is 0 Å². The molecule has 0 bridgehead atoms. The van der Waals surface area contributed by atoms with Gasteiger partial charge >= 0.3 is 0 Å². The summed E-state index contributed by atoms with van der Waals surface area (Å²) in [5.41, 5.74) is -0.474. The van der Waals surface area contributed by atoms with Gasteiger partial charge < -0.3 is 14.3 Å². The van der Waals surface area contributed by atoms with E-state index in [2.05, 4.69) is 15.9 Å². The molecule has 0 fully saturated rings. The van der Waals surface area contributed by atoms with Crippen LogP contribution in [0.25, 0.3) is 0 Å². The van der Waals surface area contributed by atoms with Crippen molar-refractivity contribution in [3.05, 3.63) is 51.9 Å². The summed E-state index contributed by atoms with van der Waals surface area (Å²) in [4.78, 5) is 0. The Morgan fingerprint density at radius 1 is 1.28 bits per heavy atom. The van der Waals surface area contributed by atoms with E-state index in [1.807, 2.05) is 0 Å². The SMILES string of the molecule is COc1cc(F)c(C(O)c2ccc(Br)o2)c(F)c1. The van der Waals surface area contributed by atoms with Gasteiger partial charge in [0, 0.05) is 12.1 Å². The molecule has 1 aromatic carbocycles. The Hall–Kier alpha value is -1.40. The molecule has 0 aliphatic rings. The Labute approximate surface area is 110 Å². The lowest BCUT2D eigenvalue weighted by Crippen LogP contribution is -2.05. The topological polar surface area (TPSA) is 42.6 Å². The number of hydrogen-bond donors (Lipinski definition) is 1. The number of rotatable bonds is 3. The van der Waals surface area contributed by atoms with Crippen LogP contribution in [0.4, 0.5) is 8.78 Å². The molecule has 1 aromatic heterocycles. The average Bonchev–Trinajstić information content (AvgIpc) is 2.74. The molecule has 2 rings (SSSR count). The van der Waals surface area contributed by atoms with E-state index in [1.54, 1.807) is 0 Å². The Morgan fingerprint density at radius 3 is 2.33 bits per heavy atom. The molecular weight excluding hydrogens is 310 g/mol. The van der Waals surface area contributed by atoms with Crippen molar-refractivity contribution in [2.24, 2.45) is 0 Å². The summed E-state index contributed by atoms with van der Waals surface area (Å²) in [6.45, 7) is 0. The molecule has 0 aliphatic carbocycles. The minimum atomic E-state index is -1.51. The number of benzene rings is 1. The van der Waals surface area contributed by atoms with Crippen molar-refractivity contribution < 1.29 is 23.0 Å². The number of furan rings is 1. The van der Waals surface area contributed by atoms with E-state index in [9.17, 15) is 13.9 Å². The minimum absolute atomic E-state index is 0.0431. The molecule has 96 valence electrons. The van der Waals surface area contributed by atoms with Gasteiger partial charge in [-0.05, 0) is 28.1 Å². The molecule has 1 atom stereocenters. The van der Waals surface area contributed by atoms with E-state index in [0.717, 1.165) is 12.1 Å². The molecule has 2 aromatic rings. The first-order valence-electron chi connectivity index (χ1n) is 4.99. The molecule has 0 spiro atoms. The van der Waals surface area contributed by atoms with Gasteiger partial charge in [-0.15, -0.1) is 0 Å². The smallest absolute Gasteiger partial charge is 0.169 e. The lowest BCUT2D eigenvalue weighted by atomic mass is 10.1. The molecule has 1 heterocycles. The third kappa shape index (κ3) is 2.39. The number of halogens is 3. The zero-order valence-electron chi connectivity index (χ0n) is 9.28. The van der Waals surface area contributed by atoms with Crippen LogP contribution < -0.4 is 4.74 Å². The van der Waals surface area contributed by atoms with E-state index < -0.39 is 23.3 Å². The van der Waals surface area contributed by atoms with Crippen LogP contribution in [0.1, 0.15) is 17.4 Å². The molecule has 0 saturated carbocycles. The monoisotopic (exact) mass is 318 g/mol. The third-order valence-electron chi connectivity index (χ3n) is 2.43. The molecule has 6 heteroatoms. The summed E-state index contributed by atoms with van der Waals surface area (Å²) in [5, 5.41) is 9.90. The summed E-state index contributed by atoms with van der Waals surface area (Å²) in [6.07, 6.45) is -1.51. The second kappa shape index (κ2) is 5.07. The van der Waals surface area contributed by atoms with Crippen molar-refractivity contribution in [2.75, 3.05) is 7.11 Å². The Bertz CT molecular complexity index is 545. The number of hydrogen-bond acceptors (Lipinski definition) is 3. The number of methoxy groups -OCH3 is 1. The van der Waals surface area contributed by atoms with Crippen LogP contribution in [0.5, 0.6) is 5.75 Å². The van der Waals surface area contributed by atoms with Crippen LogP contribution in [0.3, 0.4) is 0 Å². The first-order valence-corrected chi connectivity index (χ1v) is 5.78. The van der Waals surface area contributed by atoms with E-state index in [-0.39, 0.29) is 11.5 Å². The normalized spacial score (nSPS) is 12.5. The van der Waals surface area contributed by atoms with Gasteiger partial charge in [0.15, 0.2) is 4.67 Å². The summed E-state index contributed by atoms with van der Waals surface area (Å²) >= 11 is 3.05. The Morgan fingerprint density at radius 2 is 1.89 bits per heavy atom. The third-order valence-corrected chi connectivity index (χ3v) is 2.85. The van der Waals surface area contributed by atoms with Crippen LogP contribution in [0.15, 0.2) is 33.4 Å². The van der Waals surface area contributed by atoms with Gasteiger partial charge in [-0.2, -0.15) is 0 Å². The average molecular weight is 319 g/mol. The molecule has 0 saturated heterocycles. The predicted octanol–water partition coefficient (Wildman–Crippen LogP) is 3.41. The quantitative estimate of drug-likeness (QED) is 0.943. The van der Waals surface area contributed by atoms with E-state index in [1.165, 1.54) is 19.2 Å². The zero-order valence-corrected chi connectivity index (χ0v) is 10.9. The fourth-order valence-electron chi connectivity index (χ4n) is 1.56. The molecule has 0 radical (unpaired) electrons. The number of ether oxygens (including phenoxy) is 1. The molecule has 1 N–H and O–H groups in total. The van der Waals surface area contributed by atoms with Gasteiger partial charge in [0.1, 0.15) is 29.2 Å². The first-order chi connectivity index (χ1) is 8.52. The molecule has 0 amide bonds. The second-order valence-corrected chi connectivity index (χ2v) is 4.33. The van der Waals surface area contributed by atoms with E-state index in [4.69, 9.17) is 9.15 Å². The van der Waals surface area contributed by atoms with Gasteiger partial charge in [-0.3, -0.25) is 0 Å². The Balaban J connectivity index is 2.44. The van der Waals surface area contributed by atoms with Crippen LogP contribution in [-0.4, -0.2) is 12.2 Å². The maximum Gasteiger partial charge on any atom is 0.169 e. The first kappa shape index (κ1) is 13.0. The predicted molar refractivity (Wildman–Crippen MR) is 63.4 cm³/mol. The van der Waals surface area contributed by atoms with Gasteiger partial charge in [-0.25, -0.2) is 8.78 Å². The summed E-state index contributed by atoms with van der Waals surface area (Å²) < 4.78 is 37.6. The maximum atomic E-state index is 13.7. The van der Waals surface area contributed by atoms with Gasteiger partial charge in [0.05, 0.1) is 12.7 Å². The highest BCUT2D eigenvalue weighted by Gasteiger charge is 2.23. The molecule has 1 unspecified atom stereocenters. The fourth-order valence-corrected chi connectivity index (χ4v) is 1.88. The summed E-state index contributed by atoms with van der Waals surface area (Å²) in [7, 11) is 1.30. The van der Waals surface area contributed by atoms with Crippen LogP contribution >= 0.6 is 15.9 Å². The van der Waals surface area contributed by atoms with Crippen LogP contribution in [0.2, 0.25) is 0 Å². The minimum Gasteiger partial charge on any atom is -0.497 e.